The van der Waals surface area contributed by atoms with Crippen LogP contribution in [0.1, 0.15) is 30.0 Å². The van der Waals surface area contributed by atoms with Crippen molar-refractivity contribution in [1.29, 1.82) is 0 Å². The smallest absolute Gasteiger partial charge is 0.246 e. The van der Waals surface area contributed by atoms with Gasteiger partial charge in [0.05, 0.1) is 5.69 Å². The van der Waals surface area contributed by atoms with E-state index < -0.39 is 0 Å². The molecule has 0 saturated heterocycles. The second kappa shape index (κ2) is 2.80. The highest BCUT2D eigenvalue weighted by Gasteiger charge is 2.32. The minimum Gasteiger partial charge on any atom is -0.344 e. The lowest BCUT2D eigenvalue weighted by Crippen LogP contribution is -1.86. The number of hydrogen-bond acceptors (Lipinski definition) is 2. The van der Waals surface area contributed by atoms with Crippen LogP contribution in [0.5, 0.6) is 0 Å². The Bertz CT molecular complexity index is 335. The number of hydrogen-bond donors (Lipinski definition) is 0. The predicted molar refractivity (Wildman–Crippen MR) is 43.8 cm³/mol. The van der Waals surface area contributed by atoms with Crippen molar-refractivity contribution in [3.05, 3.63) is 27.9 Å². The maximum Gasteiger partial charge on any atom is 0.246 e. The molecule has 0 atom stereocenters. The summed E-state index contributed by atoms with van der Waals surface area (Å²) in [4.78, 5) is 3.28. The number of aromatic nitrogens is 1. The van der Waals surface area contributed by atoms with Crippen molar-refractivity contribution < 1.29 is 4.52 Å². The van der Waals surface area contributed by atoms with Crippen molar-refractivity contribution in [2.24, 2.45) is 0 Å². The maximum atomic E-state index is 6.73. The molecule has 4 heteroatoms. The molecule has 0 aliphatic heterocycles. The SMILES string of the molecule is [C-]#[N+]Cc1c(C2CC2)noc1Cl. The molecular formula is C8H7ClN2O. The van der Waals surface area contributed by atoms with Gasteiger partial charge in [0.25, 0.3) is 0 Å². The molecule has 1 aromatic rings. The second-order valence-corrected chi connectivity index (χ2v) is 3.25. The van der Waals surface area contributed by atoms with Crippen LogP contribution in [0.25, 0.3) is 4.85 Å². The standard InChI is InChI=1S/C8H7ClN2O/c1-10-4-6-7(5-2-3-5)11-12-8(6)9/h5H,2-4H2. The molecule has 0 unspecified atom stereocenters. The van der Waals surface area contributed by atoms with E-state index in [9.17, 15) is 0 Å². The Morgan fingerprint density at radius 2 is 2.42 bits per heavy atom. The molecule has 0 amide bonds. The molecule has 12 heavy (non-hydrogen) atoms. The fourth-order valence-corrected chi connectivity index (χ4v) is 1.39. The molecule has 1 aromatic heterocycles. The van der Waals surface area contributed by atoms with Crippen molar-refractivity contribution >= 4 is 11.6 Å². The number of halogens is 1. The van der Waals surface area contributed by atoms with Gasteiger partial charge in [-0.1, -0.05) is 5.16 Å². The first kappa shape index (κ1) is 7.63. The van der Waals surface area contributed by atoms with E-state index in [-0.39, 0.29) is 11.8 Å². The molecule has 1 aliphatic rings. The number of nitrogens with zero attached hydrogens (tertiary/aromatic N) is 2. The molecule has 1 heterocycles. The monoisotopic (exact) mass is 182 g/mol. The van der Waals surface area contributed by atoms with E-state index in [1.165, 1.54) is 0 Å². The first-order chi connectivity index (χ1) is 5.83. The van der Waals surface area contributed by atoms with E-state index in [4.69, 9.17) is 22.7 Å². The van der Waals surface area contributed by atoms with Crippen molar-refractivity contribution in [2.75, 3.05) is 0 Å². The van der Waals surface area contributed by atoms with Gasteiger partial charge in [0, 0.05) is 5.92 Å². The van der Waals surface area contributed by atoms with Gasteiger partial charge < -0.3 is 9.37 Å². The molecule has 1 aliphatic carbocycles. The summed E-state index contributed by atoms with van der Waals surface area (Å²) in [7, 11) is 0. The van der Waals surface area contributed by atoms with Gasteiger partial charge in [0.1, 0.15) is 5.56 Å². The van der Waals surface area contributed by atoms with Crippen LogP contribution in [0.4, 0.5) is 0 Å². The van der Waals surface area contributed by atoms with E-state index in [2.05, 4.69) is 10.0 Å². The van der Waals surface area contributed by atoms with Gasteiger partial charge in [-0.25, -0.2) is 6.57 Å². The Morgan fingerprint density at radius 1 is 1.67 bits per heavy atom. The summed E-state index contributed by atoms with van der Waals surface area (Å²) in [5.74, 6) is 0.498. The zero-order valence-electron chi connectivity index (χ0n) is 6.38. The highest BCUT2D eigenvalue weighted by atomic mass is 35.5. The Balaban J connectivity index is 2.34. The predicted octanol–water partition coefficient (Wildman–Crippen LogP) is 2.62. The first-order valence-corrected chi connectivity index (χ1v) is 4.18. The van der Waals surface area contributed by atoms with Crippen molar-refractivity contribution in [2.45, 2.75) is 25.3 Å². The topological polar surface area (TPSA) is 30.4 Å². The molecule has 0 aromatic carbocycles. The molecule has 1 saturated carbocycles. The zero-order chi connectivity index (χ0) is 8.55. The lowest BCUT2D eigenvalue weighted by atomic mass is 10.2. The third kappa shape index (κ3) is 1.19. The molecular weight excluding hydrogens is 176 g/mol. The Labute approximate surface area is 75.1 Å². The Kier molecular flexibility index (Phi) is 1.78. The van der Waals surface area contributed by atoms with Crippen LogP contribution in [0.15, 0.2) is 4.52 Å². The largest absolute Gasteiger partial charge is 0.344 e. The molecule has 2 rings (SSSR count). The summed E-state index contributed by atoms with van der Waals surface area (Å²) in [5.41, 5.74) is 1.69. The molecule has 0 bridgehead atoms. The summed E-state index contributed by atoms with van der Waals surface area (Å²) in [6.45, 7) is 7.02. The molecule has 3 nitrogen and oxygen atoms in total. The summed E-state index contributed by atoms with van der Waals surface area (Å²) in [5, 5.41) is 4.13. The molecule has 0 N–H and O–H groups in total. The number of rotatable bonds is 2. The van der Waals surface area contributed by atoms with Gasteiger partial charge in [0.2, 0.25) is 11.8 Å². The Hall–Kier alpha value is -1.01. The van der Waals surface area contributed by atoms with Crippen molar-refractivity contribution in [3.63, 3.8) is 0 Å². The normalized spacial score (nSPS) is 16.0. The van der Waals surface area contributed by atoms with Gasteiger partial charge in [-0.15, -0.1) is 0 Å². The zero-order valence-corrected chi connectivity index (χ0v) is 7.14. The van der Waals surface area contributed by atoms with Crippen molar-refractivity contribution in [3.8, 4) is 0 Å². The van der Waals surface area contributed by atoms with Gasteiger partial charge in [-0.2, -0.15) is 0 Å². The summed E-state index contributed by atoms with van der Waals surface area (Å²) >= 11 is 5.72. The van der Waals surface area contributed by atoms with Crippen LogP contribution in [0, 0.1) is 6.57 Å². The fraction of sp³-hybridized carbons (Fsp3) is 0.500. The van der Waals surface area contributed by atoms with Gasteiger partial charge >= 0.3 is 0 Å². The van der Waals surface area contributed by atoms with Crippen LogP contribution in [0.2, 0.25) is 5.22 Å². The third-order valence-electron chi connectivity index (χ3n) is 1.97. The molecule has 62 valence electrons. The van der Waals surface area contributed by atoms with Crippen LogP contribution >= 0.6 is 11.6 Å². The Morgan fingerprint density at radius 3 is 3.00 bits per heavy atom. The minimum absolute atomic E-state index is 0.285. The van der Waals surface area contributed by atoms with E-state index in [1.54, 1.807) is 0 Å². The van der Waals surface area contributed by atoms with Gasteiger partial charge in [0.15, 0.2) is 0 Å². The van der Waals surface area contributed by atoms with E-state index in [1.807, 2.05) is 0 Å². The summed E-state index contributed by atoms with van der Waals surface area (Å²) in [6, 6.07) is 0. The van der Waals surface area contributed by atoms with Crippen molar-refractivity contribution in [1.82, 2.24) is 5.16 Å². The average Bonchev–Trinajstić information content (AvgIpc) is 2.82. The lowest BCUT2D eigenvalue weighted by molar-refractivity contribution is 0.413. The minimum atomic E-state index is 0.285. The van der Waals surface area contributed by atoms with Gasteiger partial charge in [-0.3, -0.25) is 0 Å². The van der Waals surface area contributed by atoms with Gasteiger partial charge in [-0.05, 0) is 24.4 Å². The van der Waals surface area contributed by atoms with Crippen LogP contribution in [-0.4, -0.2) is 5.16 Å². The van der Waals surface area contributed by atoms with Crippen LogP contribution in [0.3, 0.4) is 0 Å². The maximum absolute atomic E-state index is 6.73. The van der Waals surface area contributed by atoms with E-state index in [0.29, 0.717) is 5.92 Å². The molecule has 0 spiro atoms. The van der Waals surface area contributed by atoms with E-state index >= 15 is 0 Å². The highest BCUT2D eigenvalue weighted by Crippen LogP contribution is 2.42. The second-order valence-electron chi connectivity index (χ2n) is 2.91. The molecule has 1 fully saturated rings. The average molecular weight is 183 g/mol. The van der Waals surface area contributed by atoms with E-state index in [0.717, 1.165) is 24.1 Å². The third-order valence-corrected chi connectivity index (χ3v) is 2.27. The quantitative estimate of drug-likeness (QED) is 0.659. The summed E-state index contributed by atoms with van der Waals surface area (Å²) < 4.78 is 4.82. The van der Waals surface area contributed by atoms with Crippen LogP contribution < -0.4 is 0 Å². The highest BCUT2D eigenvalue weighted by molar-refractivity contribution is 6.29. The fourth-order valence-electron chi connectivity index (χ4n) is 1.20. The van der Waals surface area contributed by atoms with Crippen LogP contribution in [-0.2, 0) is 6.54 Å². The summed E-state index contributed by atoms with van der Waals surface area (Å²) in [6.07, 6.45) is 2.29. The lowest BCUT2D eigenvalue weighted by Gasteiger charge is -1.88. The first-order valence-electron chi connectivity index (χ1n) is 3.80. The molecule has 0 radical (unpaired) electrons.